The molecule has 0 spiro atoms. The number of hydrogen-bond donors (Lipinski definition) is 1. The molecule has 106 valence electrons. The number of thiazole rings is 1. The quantitative estimate of drug-likeness (QED) is 0.923. The summed E-state index contributed by atoms with van der Waals surface area (Å²) in [7, 11) is 1.64. The summed E-state index contributed by atoms with van der Waals surface area (Å²) in [4.78, 5) is 16.6. The fourth-order valence-electron chi connectivity index (χ4n) is 1.87. The van der Waals surface area contributed by atoms with Crippen LogP contribution in [0.15, 0.2) is 24.3 Å². The molecule has 0 aliphatic rings. The van der Waals surface area contributed by atoms with Gasteiger partial charge in [-0.05, 0) is 25.0 Å². The average molecular weight is 311 g/mol. The molecule has 6 heteroatoms. The zero-order valence-corrected chi connectivity index (χ0v) is 12.8. The molecule has 2 aromatic rings. The molecule has 1 aromatic heterocycles. The number of rotatable bonds is 5. The van der Waals surface area contributed by atoms with Gasteiger partial charge in [0.05, 0.1) is 12.8 Å². The van der Waals surface area contributed by atoms with Crippen molar-refractivity contribution in [3.8, 4) is 5.75 Å². The zero-order chi connectivity index (χ0) is 14.5. The summed E-state index contributed by atoms with van der Waals surface area (Å²) in [6.07, 6.45) is 0.710. The van der Waals surface area contributed by atoms with E-state index in [9.17, 15) is 4.79 Å². The van der Waals surface area contributed by atoms with Crippen LogP contribution in [0.5, 0.6) is 5.75 Å². The van der Waals surface area contributed by atoms with Gasteiger partial charge in [0, 0.05) is 6.54 Å². The van der Waals surface area contributed by atoms with Crippen LogP contribution in [-0.4, -0.2) is 24.5 Å². The van der Waals surface area contributed by atoms with Crippen LogP contribution in [0.25, 0.3) is 0 Å². The standard InChI is InChI=1S/C14H15ClN2O2S/c1-9-12(20-14(15)17-9)13(18)16-8-7-10-5-3-4-6-11(10)19-2/h3-6H,7-8H2,1-2H3,(H,16,18). The average Bonchev–Trinajstić information content (AvgIpc) is 2.78. The number of carbonyl (C=O) groups is 1. The Bertz CT molecular complexity index is 613. The van der Waals surface area contributed by atoms with Crippen LogP contribution >= 0.6 is 22.9 Å². The largest absolute Gasteiger partial charge is 0.496 e. The second-order valence-corrected chi connectivity index (χ2v) is 5.78. The van der Waals surface area contributed by atoms with E-state index >= 15 is 0 Å². The van der Waals surface area contributed by atoms with Gasteiger partial charge in [0.1, 0.15) is 10.6 Å². The molecule has 0 atom stereocenters. The molecule has 20 heavy (non-hydrogen) atoms. The first kappa shape index (κ1) is 14.8. The molecule has 1 aromatic carbocycles. The number of ether oxygens (including phenoxy) is 1. The highest BCUT2D eigenvalue weighted by molar-refractivity contribution is 7.17. The summed E-state index contributed by atoms with van der Waals surface area (Å²) < 4.78 is 5.66. The lowest BCUT2D eigenvalue weighted by Crippen LogP contribution is -2.25. The number of nitrogens with one attached hydrogen (secondary N) is 1. The minimum absolute atomic E-state index is 0.137. The zero-order valence-electron chi connectivity index (χ0n) is 11.3. The monoisotopic (exact) mass is 310 g/mol. The van der Waals surface area contributed by atoms with Crippen LogP contribution in [0.4, 0.5) is 0 Å². The first-order valence-electron chi connectivity index (χ1n) is 6.15. The summed E-state index contributed by atoms with van der Waals surface area (Å²) in [5.74, 6) is 0.695. The number of methoxy groups -OCH3 is 1. The third-order valence-electron chi connectivity index (χ3n) is 2.85. The molecule has 0 saturated carbocycles. The molecule has 0 unspecified atom stereocenters. The molecule has 4 nitrogen and oxygen atoms in total. The summed E-state index contributed by atoms with van der Waals surface area (Å²) >= 11 is 6.98. The van der Waals surface area contributed by atoms with E-state index < -0.39 is 0 Å². The molecular formula is C14H15ClN2O2S. The Hall–Kier alpha value is -1.59. The maximum Gasteiger partial charge on any atom is 0.263 e. The summed E-state index contributed by atoms with van der Waals surface area (Å²) in [6.45, 7) is 2.31. The Morgan fingerprint density at radius 3 is 2.85 bits per heavy atom. The fraction of sp³-hybridized carbons (Fsp3) is 0.286. The highest BCUT2D eigenvalue weighted by Gasteiger charge is 2.14. The molecule has 1 amide bonds. The van der Waals surface area contributed by atoms with Gasteiger partial charge in [0.25, 0.3) is 5.91 Å². The Morgan fingerprint density at radius 2 is 2.20 bits per heavy atom. The molecule has 1 N–H and O–H groups in total. The molecule has 0 aliphatic carbocycles. The van der Waals surface area contributed by atoms with Crippen molar-refractivity contribution < 1.29 is 9.53 Å². The van der Waals surface area contributed by atoms with E-state index in [2.05, 4.69) is 10.3 Å². The normalized spacial score (nSPS) is 10.3. The maximum atomic E-state index is 12.0. The van der Waals surface area contributed by atoms with Gasteiger partial charge in [-0.15, -0.1) is 0 Å². The molecule has 1 heterocycles. The van der Waals surface area contributed by atoms with Gasteiger partial charge >= 0.3 is 0 Å². The summed E-state index contributed by atoms with van der Waals surface area (Å²) in [5, 5.41) is 2.87. The van der Waals surface area contributed by atoms with Crippen LogP contribution in [-0.2, 0) is 6.42 Å². The number of aromatic nitrogens is 1. The van der Waals surface area contributed by atoms with Crippen molar-refractivity contribution in [2.45, 2.75) is 13.3 Å². The molecule has 0 fully saturated rings. The van der Waals surface area contributed by atoms with Crippen LogP contribution in [0.3, 0.4) is 0 Å². The van der Waals surface area contributed by atoms with Gasteiger partial charge in [-0.25, -0.2) is 4.98 Å². The number of hydrogen-bond acceptors (Lipinski definition) is 4. The van der Waals surface area contributed by atoms with Crippen molar-refractivity contribution in [3.63, 3.8) is 0 Å². The lowest BCUT2D eigenvalue weighted by molar-refractivity contribution is 0.0957. The maximum absolute atomic E-state index is 12.0. The number of benzene rings is 1. The molecule has 0 bridgehead atoms. The fourth-order valence-corrected chi connectivity index (χ4v) is 2.94. The summed E-state index contributed by atoms with van der Waals surface area (Å²) in [6, 6.07) is 7.76. The van der Waals surface area contributed by atoms with Gasteiger partial charge < -0.3 is 10.1 Å². The van der Waals surface area contributed by atoms with Gasteiger partial charge in [-0.2, -0.15) is 0 Å². The molecular weight excluding hydrogens is 296 g/mol. The second-order valence-electron chi connectivity index (χ2n) is 4.20. The first-order chi connectivity index (χ1) is 9.61. The van der Waals surface area contributed by atoms with Crippen molar-refractivity contribution in [2.24, 2.45) is 0 Å². The number of amides is 1. The highest BCUT2D eigenvalue weighted by Crippen LogP contribution is 2.22. The minimum Gasteiger partial charge on any atom is -0.496 e. The van der Waals surface area contributed by atoms with E-state index in [1.54, 1.807) is 14.0 Å². The van der Waals surface area contributed by atoms with Gasteiger partial charge in [0.15, 0.2) is 4.47 Å². The van der Waals surface area contributed by atoms with E-state index in [1.165, 1.54) is 11.3 Å². The van der Waals surface area contributed by atoms with Crippen molar-refractivity contribution in [1.82, 2.24) is 10.3 Å². The Labute approximate surface area is 126 Å². The number of nitrogens with zero attached hydrogens (tertiary/aromatic N) is 1. The van der Waals surface area contributed by atoms with Crippen molar-refractivity contribution in [1.29, 1.82) is 0 Å². The lowest BCUT2D eigenvalue weighted by Gasteiger charge is -2.08. The van der Waals surface area contributed by atoms with E-state index in [0.717, 1.165) is 11.3 Å². The predicted molar refractivity (Wildman–Crippen MR) is 80.9 cm³/mol. The van der Waals surface area contributed by atoms with E-state index in [-0.39, 0.29) is 5.91 Å². The minimum atomic E-state index is -0.137. The van der Waals surface area contributed by atoms with Gasteiger partial charge in [0.2, 0.25) is 0 Å². The Kier molecular flexibility index (Phi) is 4.98. The topological polar surface area (TPSA) is 51.2 Å². The van der Waals surface area contributed by atoms with Crippen molar-refractivity contribution in [2.75, 3.05) is 13.7 Å². The van der Waals surface area contributed by atoms with E-state index in [4.69, 9.17) is 16.3 Å². The smallest absolute Gasteiger partial charge is 0.263 e. The van der Waals surface area contributed by atoms with Crippen molar-refractivity contribution in [3.05, 3.63) is 44.9 Å². The van der Waals surface area contributed by atoms with E-state index in [1.807, 2.05) is 24.3 Å². The third-order valence-corrected chi connectivity index (χ3v) is 4.11. The molecule has 0 radical (unpaired) electrons. The first-order valence-corrected chi connectivity index (χ1v) is 7.34. The van der Waals surface area contributed by atoms with Crippen molar-refractivity contribution >= 4 is 28.8 Å². The van der Waals surface area contributed by atoms with Gasteiger partial charge in [-0.3, -0.25) is 4.79 Å². The van der Waals surface area contributed by atoms with Crippen LogP contribution in [0.1, 0.15) is 20.9 Å². The Morgan fingerprint density at radius 1 is 1.45 bits per heavy atom. The number of para-hydroxylation sites is 1. The summed E-state index contributed by atoms with van der Waals surface area (Å²) in [5.41, 5.74) is 1.73. The SMILES string of the molecule is COc1ccccc1CCNC(=O)c1sc(Cl)nc1C. The number of aryl methyl sites for hydroxylation is 1. The molecule has 0 aliphatic heterocycles. The van der Waals surface area contributed by atoms with Gasteiger partial charge in [-0.1, -0.05) is 41.1 Å². The van der Waals surface area contributed by atoms with Crippen LogP contribution < -0.4 is 10.1 Å². The highest BCUT2D eigenvalue weighted by atomic mass is 35.5. The lowest BCUT2D eigenvalue weighted by atomic mass is 10.1. The number of carbonyl (C=O) groups excluding carboxylic acids is 1. The third kappa shape index (κ3) is 3.49. The molecule has 2 rings (SSSR count). The predicted octanol–water partition coefficient (Wildman–Crippen LogP) is 3.09. The van der Waals surface area contributed by atoms with Crippen LogP contribution in [0.2, 0.25) is 4.47 Å². The second kappa shape index (κ2) is 6.72. The Balaban J connectivity index is 1.93. The van der Waals surface area contributed by atoms with Crippen LogP contribution in [0, 0.1) is 6.92 Å². The van der Waals surface area contributed by atoms with E-state index in [0.29, 0.717) is 28.0 Å². The number of halogens is 1. The molecule has 0 saturated heterocycles.